The average Bonchev–Trinajstić information content (AvgIpc) is 3.88. The number of hydrogen-bond acceptors (Lipinski definition) is 10. The highest BCUT2D eigenvalue weighted by molar-refractivity contribution is 6.91. The van der Waals surface area contributed by atoms with Crippen LogP contribution in [0, 0.1) is 5.92 Å². The molecular formula is C43H52N6O7Si. The van der Waals surface area contributed by atoms with Crippen molar-refractivity contribution in [2.75, 3.05) is 37.3 Å². The molecule has 1 aromatic heterocycles. The molecule has 0 bridgehead atoms. The molecule has 3 aliphatic heterocycles. The molecule has 7 rings (SSSR count). The molecule has 14 heteroatoms. The van der Waals surface area contributed by atoms with Gasteiger partial charge in [-0.1, -0.05) is 72.9 Å². The van der Waals surface area contributed by atoms with Crippen LogP contribution in [0.3, 0.4) is 0 Å². The molecule has 13 nitrogen and oxygen atoms in total. The number of methoxy groups -OCH3 is 2. The number of hydrogen-bond donors (Lipinski definition) is 1. The number of aryl methyl sites for hydroxylation is 1. The first-order valence-corrected chi connectivity index (χ1v) is 22.9. The van der Waals surface area contributed by atoms with E-state index in [0.29, 0.717) is 63.0 Å². The van der Waals surface area contributed by atoms with Crippen LogP contribution in [0.25, 0.3) is 0 Å². The molecule has 0 saturated carbocycles. The summed E-state index contributed by atoms with van der Waals surface area (Å²) in [4.78, 5) is 42.7. The van der Waals surface area contributed by atoms with Crippen molar-refractivity contribution in [1.29, 1.82) is 0 Å². The number of carbonyl (C=O) groups excluding carboxylic acids is 3. The summed E-state index contributed by atoms with van der Waals surface area (Å²) in [6.07, 6.45) is 4.75. The summed E-state index contributed by atoms with van der Waals surface area (Å²) < 4.78 is 19.5. The van der Waals surface area contributed by atoms with Crippen molar-refractivity contribution in [3.8, 4) is 5.75 Å². The number of carbonyl (C=O) groups is 3. The van der Waals surface area contributed by atoms with Gasteiger partial charge in [0.1, 0.15) is 5.75 Å². The fourth-order valence-electron chi connectivity index (χ4n) is 9.09. The molecule has 3 aliphatic rings. The van der Waals surface area contributed by atoms with Gasteiger partial charge in [0.25, 0.3) is 5.91 Å². The van der Waals surface area contributed by atoms with Crippen molar-refractivity contribution in [3.05, 3.63) is 95.8 Å². The highest BCUT2D eigenvalue weighted by Gasteiger charge is 2.66. The normalized spacial score (nSPS) is 21.9. The Hall–Kier alpha value is -5.18. The number of ether oxygens (including phenoxy) is 3. The lowest BCUT2D eigenvalue weighted by Gasteiger charge is -2.37. The molecule has 1 saturated heterocycles. The standard InChI is InChI=1S/C43H52N6O7Si/c1-29-41(57(4,5)34-17-15-33(54-2)16-18-34)38(22-25-47-28-31(23-26-50)44-46-47)56-43(29)35-27-32(49-39(51)21-19-36(45-49)30-11-7-6-8-12-30)14-20-37(35)48(42(43)53)24-10-9-13-40(52)55-3/h6-8,11-12,14-18,20,27-29,38,41,50H,9-10,13,19,21-26H2,1-5H3/t29-,38+,41-,43+/m1/s1. The highest BCUT2D eigenvalue weighted by atomic mass is 28.3. The Morgan fingerprint density at radius 1 is 1.00 bits per heavy atom. The lowest BCUT2D eigenvalue weighted by Crippen LogP contribution is -2.52. The van der Waals surface area contributed by atoms with E-state index in [-0.39, 0.29) is 48.4 Å². The van der Waals surface area contributed by atoms with E-state index in [1.54, 1.807) is 11.8 Å². The van der Waals surface area contributed by atoms with Crippen molar-refractivity contribution in [2.45, 2.75) is 88.8 Å². The Morgan fingerprint density at radius 2 is 1.77 bits per heavy atom. The third-order valence-electron chi connectivity index (χ3n) is 12.0. The molecule has 57 heavy (non-hydrogen) atoms. The molecule has 2 amide bonds. The number of esters is 1. The summed E-state index contributed by atoms with van der Waals surface area (Å²) in [5.41, 5.74) is 3.15. The SMILES string of the molecule is COC(=O)CCCCN1C(=O)[C@@]2(O[C@@H](CCn3cc(CCO)nn3)[C@H]([Si](C)(C)c3ccc(OC)cc3)[C@H]2C)c2cc(N3N=C(c4ccccc4)CCC3=O)ccc21. The summed E-state index contributed by atoms with van der Waals surface area (Å²) in [6, 6.07) is 23.8. The summed E-state index contributed by atoms with van der Waals surface area (Å²) in [5.74, 6) is -0.0421. The number of hydrazone groups is 1. The third-order valence-corrected chi connectivity index (χ3v) is 16.4. The van der Waals surface area contributed by atoms with Gasteiger partial charge in [0.15, 0.2) is 5.60 Å². The summed E-state index contributed by atoms with van der Waals surface area (Å²) in [6.45, 7) is 7.71. The third kappa shape index (κ3) is 7.65. The van der Waals surface area contributed by atoms with Crippen LogP contribution in [0.5, 0.6) is 5.75 Å². The first-order valence-electron chi connectivity index (χ1n) is 19.8. The van der Waals surface area contributed by atoms with E-state index in [0.717, 1.165) is 28.3 Å². The van der Waals surface area contributed by atoms with Gasteiger partial charge in [-0.25, -0.2) is 5.01 Å². The number of aliphatic hydroxyl groups excluding tert-OH is 1. The van der Waals surface area contributed by atoms with Gasteiger partial charge in [0.05, 0.1) is 51.2 Å². The van der Waals surface area contributed by atoms with Crippen LogP contribution < -0.4 is 19.8 Å². The fourth-order valence-corrected chi connectivity index (χ4v) is 13.2. The average molecular weight is 793 g/mol. The van der Waals surface area contributed by atoms with Crippen LogP contribution in [0.4, 0.5) is 11.4 Å². The fraction of sp³-hybridized carbons (Fsp3) is 0.442. The number of rotatable bonds is 15. The molecule has 1 spiro atoms. The topological polar surface area (TPSA) is 149 Å². The molecule has 3 aromatic carbocycles. The number of benzene rings is 3. The number of anilines is 2. The second-order valence-corrected chi connectivity index (χ2v) is 20.4. The smallest absolute Gasteiger partial charge is 0.305 e. The van der Waals surface area contributed by atoms with E-state index in [9.17, 15) is 14.7 Å². The zero-order valence-corrected chi connectivity index (χ0v) is 34.4. The van der Waals surface area contributed by atoms with E-state index in [1.807, 2.05) is 71.8 Å². The minimum atomic E-state index is -2.44. The van der Waals surface area contributed by atoms with Gasteiger partial charge >= 0.3 is 5.97 Å². The van der Waals surface area contributed by atoms with Gasteiger partial charge < -0.3 is 24.2 Å². The van der Waals surface area contributed by atoms with Gasteiger partial charge in [0.2, 0.25) is 5.91 Å². The Labute approximate surface area is 334 Å². The Morgan fingerprint density at radius 3 is 2.49 bits per heavy atom. The zero-order valence-electron chi connectivity index (χ0n) is 33.4. The van der Waals surface area contributed by atoms with Gasteiger partial charge in [-0.3, -0.25) is 19.1 Å². The second-order valence-electron chi connectivity index (χ2n) is 15.7. The highest BCUT2D eigenvalue weighted by Crippen LogP contribution is 2.60. The lowest BCUT2D eigenvalue weighted by molar-refractivity contribution is -0.146. The summed E-state index contributed by atoms with van der Waals surface area (Å²) in [5, 5.41) is 25.6. The van der Waals surface area contributed by atoms with Crippen LogP contribution >= 0.6 is 0 Å². The Kier molecular flexibility index (Phi) is 11.8. The van der Waals surface area contributed by atoms with Crippen LogP contribution in [0.15, 0.2) is 84.1 Å². The largest absolute Gasteiger partial charge is 0.497 e. The van der Waals surface area contributed by atoms with E-state index in [4.69, 9.17) is 19.3 Å². The number of fused-ring (bicyclic) bond motifs is 2. The molecule has 4 atom stereocenters. The predicted octanol–water partition coefficient (Wildman–Crippen LogP) is 5.35. The van der Waals surface area contributed by atoms with E-state index < -0.39 is 13.7 Å². The summed E-state index contributed by atoms with van der Waals surface area (Å²) in [7, 11) is 0.596. The lowest BCUT2D eigenvalue weighted by atomic mass is 9.82. The second kappa shape index (κ2) is 16.7. The molecule has 0 radical (unpaired) electrons. The van der Waals surface area contributed by atoms with Crippen molar-refractivity contribution in [2.24, 2.45) is 11.0 Å². The number of aromatic nitrogens is 3. The van der Waals surface area contributed by atoms with Crippen molar-refractivity contribution >= 4 is 48.1 Å². The number of nitrogens with zero attached hydrogens (tertiary/aromatic N) is 6. The molecule has 1 fully saturated rings. The first-order chi connectivity index (χ1) is 27.5. The van der Waals surface area contributed by atoms with Gasteiger partial charge in [-0.15, -0.1) is 5.10 Å². The molecule has 0 aliphatic carbocycles. The molecule has 300 valence electrons. The van der Waals surface area contributed by atoms with Gasteiger partial charge in [0, 0.05) is 63.1 Å². The zero-order chi connectivity index (χ0) is 40.3. The van der Waals surface area contributed by atoms with Gasteiger partial charge in [-0.2, -0.15) is 5.10 Å². The molecule has 1 N–H and O–H groups in total. The van der Waals surface area contributed by atoms with E-state index in [2.05, 4.69) is 42.5 Å². The maximum absolute atomic E-state index is 15.3. The van der Waals surface area contributed by atoms with Crippen molar-refractivity contribution < 1.29 is 33.7 Å². The van der Waals surface area contributed by atoms with E-state index >= 15 is 4.79 Å². The summed E-state index contributed by atoms with van der Waals surface area (Å²) >= 11 is 0. The molecule has 4 heterocycles. The van der Waals surface area contributed by atoms with Crippen molar-refractivity contribution in [1.82, 2.24) is 15.0 Å². The number of aliphatic hydroxyl groups is 1. The minimum Gasteiger partial charge on any atom is -0.497 e. The Balaban J connectivity index is 1.31. The first kappa shape index (κ1) is 40.0. The van der Waals surface area contributed by atoms with Crippen LogP contribution in [0.1, 0.15) is 62.3 Å². The van der Waals surface area contributed by atoms with Crippen LogP contribution in [0.2, 0.25) is 18.6 Å². The van der Waals surface area contributed by atoms with Crippen molar-refractivity contribution in [3.63, 3.8) is 0 Å². The Bertz CT molecular complexity index is 2120. The predicted molar refractivity (Wildman–Crippen MR) is 219 cm³/mol. The van der Waals surface area contributed by atoms with Gasteiger partial charge in [-0.05, 0) is 60.7 Å². The number of amides is 2. The van der Waals surface area contributed by atoms with Crippen LogP contribution in [-0.4, -0.2) is 85.1 Å². The molecular weight excluding hydrogens is 741 g/mol. The quantitative estimate of drug-likeness (QED) is 0.0956. The number of unbranched alkanes of at least 4 members (excludes halogenated alkanes) is 1. The molecule has 0 unspecified atom stereocenters. The molecule has 4 aromatic rings. The maximum atomic E-state index is 15.3. The maximum Gasteiger partial charge on any atom is 0.305 e. The minimum absolute atomic E-state index is 0.0151. The van der Waals surface area contributed by atoms with E-state index in [1.165, 1.54) is 17.3 Å². The monoisotopic (exact) mass is 792 g/mol. The van der Waals surface area contributed by atoms with Crippen LogP contribution in [-0.2, 0) is 42.4 Å².